The Morgan fingerprint density at radius 2 is 1.78 bits per heavy atom. The second kappa shape index (κ2) is 6.16. The second-order valence-electron chi connectivity index (χ2n) is 5.49. The summed E-state index contributed by atoms with van der Waals surface area (Å²) < 4.78 is 14.0. The third-order valence-electron chi connectivity index (χ3n) is 4.14. The van der Waals surface area contributed by atoms with Crippen molar-refractivity contribution in [2.75, 3.05) is 7.05 Å². The lowest BCUT2D eigenvalue weighted by Crippen LogP contribution is -2.30. The van der Waals surface area contributed by atoms with Gasteiger partial charge in [-0.15, -0.1) is 0 Å². The van der Waals surface area contributed by atoms with Crippen LogP contribution in [0.2, 0.25) is 0 Å². The number of nitrogens with zero attached hydrogens (tertiary/aromatic N) is 2. The van der Waals surface area contributed by atoms with Gasteiger partial charge >= 0.3 is 0 Å². The van der Waals surface area contributed by atoms with Crippen LogP contribution in [0, 0.1) is 5.82 Å². The van der Waals surface area contributed by atoms with Gasteiger partial charge in [0, 0.05) is 24.2 Å². The molecule has 0 saturated heterocycles. The Morgan fingerprint density at radius 3 is 2.57 bits per heavy atom. The molecule has 0 bridgehead atoms. The number of hydrogen-bond acceptors (Lipinski definition) is 2. The van der Waals surface area contributed by atoms with E-state index in [4.69, 9.17) is 0 Å². The number of carbonyl (C=O) groups excluding carboxylic acids is 1. The number of aromatic nitrogens is 1. The van der Waals surface area contributed by atoms with Crippen LogP contribution in [-0.4, -0.2) is 22.8 Å². The van der Waals surface area contributed by atoms with Gasteiger partial charge in [0.15, 0.2) is 0 Å². The van der Waals surface area contributed by atoms with Crippen molar-refractivity contribution in [3.05, 3.63) is 77.7 Å². The third kappa shape index (κ3) is 2.80. The van der Waals surface area contributed by atoms with E-state index in [0.717, 1.165) is 10.9 Å². The predicted molar refractivity (Wildman–Crippen MR) is 88.7 cm³/mol. The second-order valence-corrected chi connectivity index (χ2v) is 5.49. The molecule has 23 heavy (non-hydrogen) atoms. The smallest absolute Gasteiger partial charge is 0.254 e. The summed E-state index contributed by atoms with van der Waals surface area (Å²) >= 11 is 0. The molecule has 0 fully saturated rings. The van der Waals surface area contributed by atoms with Crippen LogP contribution in [0.5, 0.6) is 0 Å². The molecule has 4 heteroatoms. The summed E-state index contributed by atoms with van der Waals surface area (Å²) in [7, 11) is 1.69. The first-order valence-corrected chi connectivity index (χ1v) is 7.45. The van der Waals surface area contributed by atoms with E-state index in [1.807, 2.05) is 31.2 Å². The van der Waals surface area contributed by atoms with Crippen LogP contribution in [0.4, 0.5) is 4.39 Å². The Bertz CT molecular complexity index is 857. The number of amides is 1. The highest BCUT2D eigenvalue weighted by atomic mass is 19.1. The van der Waals surface area contributed by atoms with Gasteiger partial charge in [-0.2, -0.15) is 0 Å². The van der Waals surface area contributed by atoms with Crippen LogP contribution in [-0.2, 0) is 0 Å². The molecule has 1 heterocycles. The van der Waals surface area contributed by atoms with Crippen molar-refractivity contribution >= 4 is 16.8 Å². The minimum absolute atomic E-state index is 0.153. The molecule has 116 valence electrons. The number of para-hydroxylation sites is 1. The van der Waals surface area contributed by atoms with E-state index in [0.29, 0.717) is 11.1 Å². The first-order valence-electron chi connectivity index (χ1n) is 7.45. The topological polar surface area (TPSA) is 33.2 Å². The van der Waals surface area contributed by atoms with Crippen LogP contribution < -0.4 is 0 Å². The first kappa shape index (κ1) is 15.2. The molecule has 0 aliphatic heterocycles. The summed E-state index contributed by atoms with van der Waals surface area (Å²) in [6.45, 7) is 1.82. The standard InChI is InChI=1S/C19H17FN2O/c1-13(14-7-3-5-9-17(14)20)22(2)19(23)16-11-12-21-18-10-6-4-8-15(16)18/h3-13H,1-2H3. The molecular weight excluding hydrogens is 291 g/mol. The zero-order valence-corrected chi connectivity index (χ0v) is 13.0. The van der Waals surface area contributed by atoms with E-state index in [1.54, 1.807) is 42.4 Å². The summed E-state index contributed by atoms with van der Waals surface area (Å²) in [4.78, 5) is 18.7. The van der Waals surface area contributed by atoms with E-state index in [9.17, 15) is 9.18 Å². The highest BCUT2D eigenvalue weighted by molar-refractivity contribution is 6.06. The van der Waals surface area contributed by atoms with E-state index in [-0.39, 0.29) is 17.8 Å². The minimum Gasteiger partial charge on any atom is -0.335 e. The van der Waals surface area contributed by atoms with Crippen molar-refractivity contribution in [3.8, 4) is 0 Å². The summed E-state index contributed by atoms with van der Waals surface area (Å²) in [5, 5.41) is 0.799. The number of pyridine rings is 1. The van der Waals surface area contributed by atoms with Gasteiger partial charge in [-0.25, -0.2) is 4.39 Å². The lowest BCUT2D eigenvalue weighted by molar-refractivity contribution is 0.0742. The molecule has 1 atom stereocenters. The average Bonchev–Trinajstić information content (AvgIpc) is 2.60. The molecule has 0 saturated carbocycles. The van der Waals surface area contributed by atoms with Crippen molar-refractivity contribution in [1.82, 2.24) is 9.88 Å². The fraction of sp³-hybridized carbons (Fsp3) is 0.158. The molecule has 3 aromatic rings. The van der Waals surface area contributed by atoms with Crippen molar-refractivity contribution in [3.63, 3.8) is 0 Å². The number of halogens is 1. The van der Waals surface area contributed by atoms with Gasteiger partial charge in [0.25, 0.3) is 5.91 Å². The Labute approximate surface area is 134 Å². The number of carbonyl (C=O) groups is 1. The Kier molecular flexibility index (Phi) is 4.06. The molecule has 0 spiro atoms. The fourth-order valence-electron chi connectivity index (χ4n) is 2.67. The van der Waals surface area contributed by atoms with Crippen LogP contribution >= 0.6 is 0 Å². The molecule has 0 aliphatic carbocycles. The SMILES string of the molecule is CC(c1ccccc1F)N(C)C(=O)c1ccnc2ccccc12. The molecule has 0 aliphatic rings. The van der Waals surface area contributed by atoms with E-state index in [2.05, 4.69) is 4.98 Å². The van der Waals surface area contributed by atoms with E-state index in [1.165, 1.54) is 6.07 Å². The van der Waals surface area contributed by atoms with E-state index < -0.39 is 0 Å². The molecule has 1 amide bonds. The lowest BCUT2D eigenvalue weighted by Gasteiger charge is -2.26. The highest BCUT2D eigenvalue weighted by Gasteiger charge is 2.22. The van der Waals surface area contributed by atoms with Gasteiger partial charge in [0.2, 0.25) is 0 Å². The number of fused-ring (bicyclic) bond motifs is 1. The molecule has 0 radical (unpaired) electrons. The van der Waals surface area contributed by atoms with Gasteiger partial charge in [0.05, 0.1) is 17.1 Å². The first-order chi connectivity index (χ1) is 11.1. The maximum absolute atomic E-state index is 14.0. The van der Waals surface area contributed by atoms with Crippen LogP contribution in [0.3, 0.4) is 0 Å². The van der Waals surface area contributed by atoms with Gasteiger partial charge in [0.1, 0.15) is 5.82 Å². The van der Waals surface area contributed by atoms with Gasteiger partial charge < -0.3 is 4.90 Å². The number of benzene rings is 2. The van der Waals surface area contributed by atoms with Crippen molar-refractivity contribution in [1.29, 1.82) is 0 Å². The molecule has 3 rings (SSSR count). The van der Waals surface area contributed by atoms with Crippen LogP contribution in [0.15, 0.2) is 60.8 Å². The zero-order valence-electron chi connectivity index (χ0n) is 13.0. The molecule has 0 N–H and O–H groups in total. The van der Waals surface area contributed by atoms with Crippen molar-refractivity contribution in [2.45, 2.75) is 13.0 Å². The van der Waals surface area contributed by atoms with Crippen molar-refractivity contribution in [2.24, 2.45) is 0 Å². The highest BCUT2D eigenvalue weighted by Crippen LogP contribution is 2.25. The maximum Gasteiger partial charge on any atom is 0.254 e. The lowest BCUT2D eigenvalue weighted by atomic mass is 10.0. The monoisotopic (exact) mass is 308 g/mol. The van der Waals surface area contributed by atoms with Crippen molar-refractivity contribution < 1.29 is 9.18 Å². The fourth-order valence-corrected chi connectivity index (χ4v) is 2.67. The number of rotatable bonds is 3. The Balaban J connectivity index is 1.97. The maximum atomic E-state index is 14.0. The molecular formula is C19H17FN2O. The average molecular weight is 308 g/mol. The normalized spacial score (nSPS) is 12.1. The summed E-state index contributed by atoms with van der Waals surface area (Å²) in [6.07, 6.45) is 1.62. The van der Waals surface area contributed by atoms with Gasteiger partial charge in [-0.05, 0) is 25.1 Å². The number of hydrogen-bond donors (Lipinski definition) is 0. The minimum atomic E-state index is -0.365. The molecule has 2 aromatic carbocycles. The Hall–Kier alpha value is -2.75. The molecule has 1 unspecified atom stereocenters. The zero-order chi connectivity index (χ0) is 16.4. The van der Waals surface area contributed by atoms with Crippen LogP contribution in [0.25, 0.3) is 10.9 Å². The third-order valence-corrected chi connectivity index (χ3v) is 4.14. The summed E-state index contributed by atoms with van der Waals surface area (Å²) in [5.74, 6) is -0.460. The predicted octanol–water partition coefficient (Wildman–Crippen LogP) is 4.21. The van der Waals surface area contributed by atoms with Gasteiger partial charge in [-0.1, -0.05) is 36.4 Å². The Morgan fingerprint density at radius 1 is 1.09 bits per heavy atom. The van der Waals surface area contributed by atoms with Gasteiger partial charge in [-0.3, -0.25) is 9.78 Å². The summed E-state index contributed by atoms with van der Waals surface area (Å²) in [5.41, 5.74) is 1.84. The molecule has 3 nitrogen and oxygen atoms in total. The van der Waals surface area contributed by atoms with Crippen LogP contribution in [0.1, 0.15) is 28.9 Å². The van der Waals surface area contributed by atoms with E-state index >= 15 is 0 Å². The molecule has 1 aromatic heterocycles. The largest absolute Gasteiger partial charge is 0.335 e. The summed E-state index contributed by atoms with van der Waals surface area (Å²) in [6, 6.07) is 15.4. The quantitative estimate of drug-likeness (QED) is 0.726.